The van der Waals surface area contributed by atoms with Crippen molar-refractivity contribution in [3.8, 4) is 0 Å². The van der Waals surface area contributed by atoms with Crippen LogP contribution < -0.4 is 0 Å². The number of fused-ring (bicyclic) bond motifs is 1. The van der Waals surface area contributed by atoms with E-state index < -0.39 is 12.1 Å². The first-order valence-corrected chi connectivity index (χ1v) is 9.66. The highest BCUT2D eigenvalue weighted by Crippen LogP contribution is 2.27. The zero-order valence-electron chi connectivity index (χ0n) is 15.1. The van der Waals surface area contributed by atoms with Crippen molar-refractivity contribution in [1.29, 1.82) is 0 Å². The highest BCUT2D eigenvalue weighted by atomic mass is 16.3. The molecule has 0 spiro atoms. The molecule has 0 unspecified atom stereocenters. The molecule has 1 N–H and O–H groups in total. The summed E-state index contributed by atoms with van der Waals surface area (Å²) in [6, 6.07) is 10.1. The van der Waals surface area contributed by atoms with Crippen LogP contribution in [0, 0.1) is 0 Å². The number of hydrogen-bond donors (Lipinski definition) is 1. The number of carbonyl (C=O) groups excluding carboxylic acids is 2. The molecule has 6 heteroatoms. The Morgan fingerprint density at radius 2 is 1.69 bits per heavy atom. The molecular formula is C20H27N3O3. The lowest BCUT2D eigenvalue weighted by molar-refractivity contribution is -0.163. The second kappa shape index (κ2) is 7.37. The van der Waals surface area contributed by atoms with Crippen molar-refractivity contribution in [3.05, 3.63) is 35.9 Å². The summed E-state index contributed by atoms with van der Waals surface area (Å²) in [5.41, 5.74) is 1.31. The molecule has 3 aliphatic rings. The second-order valence-electron chi connectivity index (χ2n) is 7.74. The first kappa shape index (κ1) is 17.5. The summed E-state index contributed by atoms with van der Waals surface area (Å²) in [4.78, 5) is 31.3. The van der Waals surface area contributed by atoms with Gasteiger partial charge in [-0.05, 0) is 24.8 Å². The lowest BCUT2D eigenvalue weighted by Crippen LogP contribution is -2.65. The number of carbonyl (C=O) groups is 2. The van der Waals surface area contributed by atoms with E-state index >= 15 is 0 Å². The second-order valence-corrected chi connectivity index (χ2v) is 7.74. The van der Waals surface area contributed by atoms with Crippen molar-refractivity contribution < 1.29 is 14.7 Å². The minimum Gasteiger partial charge on any atom is -0.393 e. The van der Waals surface area contributed by atoms with E-state index in [1.165, 1.54) is 5.56 Å². The van der Waals surface area contributed by atoms with E-state index in [1.54, 1.807) is 9.80 Å². The van der Waals surface area contributed by atoms with Gasteiger partial charge in [0.15, 0.2) is 0 Å². The maximum absolute atomic E-state index is 12.9. The number of aliphatic hydroxyl groups is 1. The summed E-state index contributed by atoms with van der Waals surface area (Å²) in [7, 11) is 0. The van der Waals surface area contributed by atoms with Crippen molar-refractivity contribution >= 4 is 11.8 Å². The third-order valence-electron chi connectivity index (χ3n) is 6.02. The van der Waals surface area contributed by atoms with Crippen LogP contribution in [-0.4, -0.2) is 76.0 Å². The molecule has 3 fully saturated rings. The topological polar surface area (TPSA) is 64.1 Å². The van der Waals surface area contributed by atoms with Crippen molar-refractivity contribution in [2.45, 2.75) is 50.4 Å². The number of benzene rings is 1. The molecule has 3 aliphatic heterocycles. The van der Waals surface area contributed by atoms with Crippen LogP contribution >= 0.6 is 0 Å². The molecule has 0 aromatic heterocycles. The van der Waals surface area contributed by atoms with Crippen LogP contribution in [0.3, 0.4) is 0 Å². The summed E-state index contributed by atoms with van der Waals surface area (Å²) in [5.74, 6) is 0.0677. The van der Waals surface area contributed by atoms with Gasteiger partial charge in [0.25, 0.3) is 0 Å². The molecule has 140 valence electrons. The first-order valence-electron chi connectivity index (χ1n) is 9.66. The summed E-state index contributed by atoms with van der Waals surface area (Å²) in [6.07, 6.45) is 2.30. The predicted molar refractivity (Wildman–Crippen MR) is 97.2 cm³/mol. The average molecular weight is 357 g/mol. The summed E-state index contributed by atoms with van der Waals surface area (Å²) in [6.45, 7) is 3.51. The molecule has 6 nitrogen and oxygen atoms in total. The minimum absolute atomic E-state index is 0.0323. The summed E-state index contributed by atoms with van der Waals surface area (Å²) < 4.78 is 0. The molecule has 26 heavy (non-hydrogen) atoms. The molecule has 2 atom stereocenters. The van der Waals surface area contributed by atoms with Crippen molar-refractivity contribution in [3.63, 3.8) is 0 Å². The Kier molecular flexibility index (Phi) is 4.96. The SMILES string of the molecule is O=C1[C@@H]2C[C@H](O)CCN2C(=O)CN1C1CCN(Cc2ccccc2)CC1. The minimum atomic E-state index is -0.472. The fraction of sp³-hybridized carbons (Fsp3) is 0.600. The van der Waals surface area contributed by atoms with E-state index in [-0.39, 0.29) is 24.4 Å². The van der Waals surface area contributed by atoms with E-state index in [2.05, 4.69) is 29.2 Å². The fourth-order valence-electron chi connectivity index (χ4n) is 4.53. The Labute approximate surface area is 154 Å². The maximum atomic E-state index is 12.9. The summed E-state index contributed by atoms with van der Waals surface area (Å²) >= 11 is 0. The number of nitrogens with zero attached hydrogens (tertiary/aromatic N) is 3. The molecule has 2 amide bonds. The molecule has 3 saturated heterocycles. The molecule has 4 rings (SSSR count). The number of aliphatic hydroxyl groups excluding tert-OH is 1. The van der Waals surface area contributed by atoms with Crippen molar-refractivity contribution in [2.24, 2.45) is 0 Å². The molecule has 0 radical (unpaired) electrons. The third-order valence-corrected chi connectivity index (χ3v) is 6.02. The van der Waals surface area contributed by atoms with Crippen molar-refractivity contribution in [2.75, 3.05) is 26.2 Å². The highest BCUT2D eigenvalue weighted by molar-refractivity contribution is 5.95. The van der Waals surface area contributed by atoms with Gasteiger partial charge >= 0.3 is 0 Å². The molecule has 1 aromatic carbocycles. The predicted octanol–water partition coefficient (Wildman–Crippen LogP) is 0.845. The normalized spacial score (nSPS) is 28.3. The van der Waals surface area contributed by atoms with Gasteiger partial charge in [-0.3, -0.25) is 14.5 Å². The van der Waals surface area contributed by atoms with Gasteiger partial charge in [0, 0.05) is 38.6 Å². The quantitative estimate of drug-likeness (QED) is 0.871. The Balaban J connectivity index is 1.36. The van der Waals surface area contributed by atoms with Crippen molar-refractivity contribution in [1.82, 2.24) is 14.7 Å². The zero-order valence-corrected chi connectivity index (χ0v) is 15.1. The van der Waals surface area contributed by atoms with Gasteiger partial charge in [-0.15, -0.1) is 0 Å². The Bertz CT molecular complexity index is 658. The summed E-state index contributed by atoms with van der Waals surface area (Å²) in [5, 5.41) is 9.91. The zero-order chi connectivity index (χ0) is 18.1. The van der Waals surface area contributed by atoms with Gasteiger partial charge < -0.3 is 14.9 Å². The average Bonchev–Trinajstić information content (AvgIpc) is 2.66. The molecule has 0 bridgehead atoms. The number of hydrogen-bond acceptors (Lipinski definition) is 4. The van der Waals surface area contributed by atoms with Crippen LogP contribution in [0.25, 0.3) is 0 Å². The maximum Gasteiger partial charge on any atom is 0.246 e. The van der Waals surface area contributed by atoms with Gasteiger partial charge in [0.05, 0.1) is 6.10 Å². The monoisotopic (exact) mass is 357 g/mol. The van der Waals surface area contributed by atoms with Crippen LogP contribution in [0.2, 0.25) is 0 Å². The van der Waals surface area contributed by atoms with Crippen LogP contribution in [0.1, 0.15) is 31.2 Å². The van der Waals surface area contributed by atoms with E-state index in [9.17, 15) is 14.7 Å². The molecular weight excluding hydrogens is 330 g/mol. The lowest BCUT2D eigenvalue weighted by Gasteiger charge is -2.47. The Morgan fingerprint density at radius 3 is 2.42 bits per heavy atom. The largest absolute Gasteiger partial charge is 0.393 e. The van der Waals surface area contributed by atoms with E-state index in [4.69, 9.17) is 0 Å². The highest BCUT2D eigenvalue weighted by Gasteiger charge is 2.44. The van der Waals surface area contributed by atoms with Gasteiger partial charge in [0.2, 0.25) is 11.8 Å². The number of rotatable bonds is 3. The molecule has 0 saturated carbocycles. The van der Waals surface area contributed by atoms with Gasteiger partial charge in [-0.2, -0.15) is 0 Å². The number of likely N-dealkylation sites (tertiary alicyclic amines) is 1. The first-order chi connectivity index (χ1) is 12.6. The standard InChI is InChI=1S/C20H27N3O3/c24-17-8-11-22-18(12-17)20(26)23(14-19(22)25)16-6-9-21(10-7-16)13-15-4-2-1-3-5-15/h1-5,16-18,24H,6-14H2/t17-,18+/m1/s1. The number of piperazine rings is 1. The van der Waals surface area contributed by atoms with Crippen LogP contribution in [0.4, 0.5) is 0 Å². The van der Waals surface area contributed by atoms with Crippen LogP contribution in [-0.2, 0) is 16.1 Å². The van der Waals surface area contributed by atoms with Gasteiger partial charge in [-0.25, -0.2) is 0 Å². The van der Waals surface area contributed by atoms with E-state index in [0.29, 0.717) is 19.4 Å². The Hall–Kier alpha value is -1.92. The smallest absolute Gasteiger partial charge is 0.246 e. The van der Waals surface area contributed by atoms with Crippen LogP contribution in [0.15, 0.2) is 30.3 Å². The fourth-order valence-corrected chi connectivity index (χ4v) is 4.53. The molecule has 1 aromatic rings. The van der Waals surface area contributed by atoms with E-state index in [0.717, 1.165) is 32.5 Å². The van der Waals surface area contributed by atoms with E-state index in [1.807, 2.05) is 6.07 Å². The molecule has 0 aliphatic carbocycles. The lowest BCUT2D eigenvalue weighted by atomic mass is 9.93. The van der Waals surface area contributed by atoms with Gasteiger partial charge in [0.1, 0.15) is 12.6 Å². The number of amides is 2. The third kappa shape index (κ3) is 3.48. The Morgan fingerprint density at radius 1 is 0.962 bits per heavy atom. The van der Waals surface area contributed by atoms with Gasteiger partial charge in [-0.1, -0.05) is 30.3 Å². The van der Waals surface area contributed by atoms with Crippen LogP contribution in [0.5, 0.6) is 0 Å². The molecule has 3 heterocycles. The number of piperidine rings is 2.